The molecule has 0 saturated carbocycles. The zero-order valence-corrected chi connectivity index (χ0v) is 21.8. The predicted molar refractivity (Wildman–Crippen MR) is 136 cm³/mol. The van der Waals surface area contributed by atoms with Crippen molar-refractivity contribution in [1.29, 1.82) is 0 Å². The normalized spacial score (nSPS) is 16.7. The molecule has 1 aromatic rings. The molecule has 0 spiro atoms. The van der Waals surface area contributed by atoms with Gasteiger partial charge in [0.1, 0.15) is 0 Å². The number of rotatable bonds is 14. The topological polar surface area (TPSA) is 77.2 Å². The van der Waals surface area contributed by atoms with Crippen molar-refractivity contribution in [3.63, 3.8) is 0 Å². The number of hydrogen-bond acceptors (Lipinski definition) is 6. The largest absolute Gasteiger partial charge is 0.493 e. The molecule has 0 aliphatic carbocycles. The fraction of sp³-hybridized carbons (Fsp3) is 0.750. The Balaban J connectivity index is 0.00000480. The van der Waals surface area contributed by atoms with Crippen molar-refractivity contribution in [2.75, 3.05) is 47.1 Å². The van der Waals surface area contributed by atoms with Gasteiger partial charge in [-0.3, -0.25) is 0 Å². The average Bonchev–Trinajstić information content (AvgIpc) is 3.23. The summed E-state index contributed by atoms with van der Waals surface area (Å²) in [7, 11) is 3.36. The Morgan fingerprint density at radius 1 is 1.06 bits per heavy atom. The summed E-state index contributed by atoms with van der Waals surface area (Å²) in [5, 5.41) is 10.6. The second kappa shape index (κ2) is 16.8. The van der Waals surface area contributed by atoms with Crippen LogP contribution in [0.2, 0.25) is 0 Å². The van der Waals surface area contributed by atoms with Crippen molar-refractivity contribution in [2.24, 2.45) is 17.6 Å². The smallest absolute Gasteiger partial charge is 0.161 e. The van der Waals surface area contributed by atoms with Crippen LogP contribution in [0.4, 0.5) is 0 Å². The van der Waals surface area contributed by atoms with E-state index < -0.39 is 6.10 Å². The third kappa shape index (κ3) is 10.4. The molecule has 1 aliphatic rings. The predicted octanol–water partition coefficient (Wildman–Crippen LogP) is 3.94. The number of nitrogens with zero attached hydrogens (tertiary/aromatic N) is 1. The Kier molecular flexibility index (Phi) is 16.4. The summed E-state index contributed by atoms with van der Waals surface area (Å²) in [5.41, 5.74) is 7.63. The van der Waals surface area contributed by atoms with E-state index in [9.17, 15) is 5.11 Å². The fourth-order valence-electron chi connectivity index (χ4n) is 4.11. The van der Waals surface area contributed by atoms with Crippen LogP contribution in [0.25, 0.3) is 0 Å². The molecule has 0 radical (unpaired) electrons. The highest BCUT2D eigenvalue weighted by atomic mass is 35.5. The molecule has 0 bridgehead atoms. The number of methoxy groups -OCH3 is 2. The lowest BCUT2D eigenvalue weighted by atomic mass is 9.83. The first-order chi connectivity index (χ1) is 14.4. The second-order valence-electron chi connectivity index (χ2n) is 8.86. The molecule has 1 aliphatic heterocycles. The summed E-state index contributed by atoms with van der Waals surface area (Å²) >= 11 is 0. The maximum atomic E-state index is 10.6. The van der Waals surface area contributed by atoms with Gasteiger partial charge in [-0.15, -0.1) is 24.8 Å². The lowest BCUT2D eigenvalue weighted by molar-refractivity contribution is 0.0889. The van der Waals surface area contributed by atoms with Crippen LogP contribution in [0.3, 0.4) is 0 Å². The number of aliphatic hydroxyl groups is 1. The number of aliphatic hydroxyl groups excluding tert-OH is 1. The van der Waals surface area contributed by atoms with Gasteiger partial charge in [0.25, 0.3) is 0 Å². The van der Waals surface area contributed by atoms with E-state index in [0.717, 1.165) is 43.9 Å². The van der Waals surface area contributed by atoms with Crippen LogP contribution < -0.4 is 15.2 Å². The standard InChI is InChI=1S/C24H42N2O4.2ClH/c1-18(2)20(16-21(25)22(27)17-26-10-5-6-11-26)14-19-8-9-23(29-4)24(15-19)30-13-7-12-28-3;;/h8-9,15,18,20-22,27H,5-7,10-14,16-17,25H2,1-4H3;2*1H/t20-,21-,22-;;/m0../s1. The van der Waals surface area contributed by atoms with Gasteiger partial charge in [0.2, 0.25) is 0 Å². The third-order valence-corrected chi connectivity index (χ3v) is 6.13. The minimum atomic E-state index is -0.472. The van der Waals surface area contributed by atoms with Crippen LogP contribution in [0.1, 0.15) is 45.1 Å². The van der Waals surface area contributed by atoms with Gasteiger partial charge in [0.15, 0.2) is 11.5 Å². The van der Waals surface area contributed by atoms with E-state index in [2.05, 4.69) is 30.9 Å². The molecule has 0 unspecified atom stereocenters. The highest BCUT2D eigenvalue weighted by molar-refractivity contribution is 5.85. The van der Waals surface area contributed by atoms with Gasteiger partial charge in [0, 0.05) is 32.7 Å². The SMILES string of the molecule is COCCCOc1cc(C[C@@H](C[C@H](N)[C@@H](O)CN2CCCC2)C(C)C)ccc1OC.Cl.Cl. The van der Waals surface area contributed by atoms with Crippen molar-refractivity contribution < 1.29 is 19.3 Å². The Labute approximate surface area is 207 Å². The van der Waals surface area contributed by atoms with Gasteiger partial charge in [-0.2, -0.15) is 0 Å². The molecular formula is C24H44Cl2N2O4. The molecular weight excluding hydrogens is 451 g/mol. The van der Waals surface area contributed by atoms with Crippen LogP contribution in [0.15, 0.2) is 18.2 Å². The Hall–Kier alpha value is -0.760. The molecule has 1 aromatic carbocycles. The maximum absolute atomic E-state index is 10.6. The molecule has 3 N–H and O–H groups in total. The molecule has 1 heterocycles. The van der Waals surface area contributed by atoms with E-state index in [0.29, 0.717) is 31.6 Å². The molecule has 6 nitrogen and oxygen atoms in total. The number of β-amino-alcohol motifs (C(OH)–C–C–N with tert-alkyl or cyclic N) is 1. The van der Waals surface area contributed by atoms with Gasteiger partial charge in [-0.25, -0.2) is 0 Å². The van der Waals surface area contributed by atoms with Crippen LogP contribution in [-0.4, -0.2) is 69.2 Å². The van der Waals surface area contributed by atoms with E-state index >= 15 is 0 Å². The zero-order valence-electron chi connectivity index (χ0n) is 20.1. The Morgan fingerprint density at radius 3 is 2.34 bits per heavy atom. The zero-order chi connectivity index (χ0) is 21.9. The van der Waals surface area contributed by atoms with Crippen LogP contribution >= 0.6 is 24.8 Å². The lowest BCUT2D eigenvalue weighted by Gasteiger charge is -2.29. The second-order valence-corrected chi connectivity index (χ2v) is 8.86. The minimum Gasteiger partial charge on any atom is -0.493 e. The van der Waals surface area contributed by atoms with E-state index in [1.165, 1.54) is 18.4 Å². The third-order valence-electron chi connectivity index (χ3n) is 6.13. The number of hydrogen-bond donors (Lipinski definition) is 2. The minimum absolute atomic E-state index is 0. The van der Waals surface area contributed by atoms with Gasteiger partial charge in [0.05, 0.1) is 19.8 Å². The summed E-state index contributed by atoms with van der Waals surface area (Å²) in [6.07, 6.45) is 4.53. The van der Waals surface area contributed by atoms with Crippen LogP contribution in [0.5, 0.6) is 11.5 Å². The summed E-state index contributed by atoms with van der Waals surface area (Å²) < 4.78 is 16.5. The van der Waals surface area contributed by atoms with Crippen molar-refractivity contribution in [3.05, 3.63) is 23.8 Å². The maximum Gasteiger partial charge on any atom is 0.161 e. The summed E-state index contributed by atoms with van der Waals surface area (Å²) in [6.45, 7) is 8.58. The van der Waals surface area contributed by atoms with E-state index in [4.69, 9.17) is 19.9 Å². The Morgan fingerprint density at radius 2 is 1.75 bits per heavy atom. The highest BCUT2D eigenvalue weighted by Gasteiger charge is 2.25. The highest BCUT2D eigenvalue weighted by Crippen LogP contribution is 2.31. The molecule has 1 saturated heterocycles. The van der Waals surface area contributed by atoms with Crippen molar-refractivity contribution in [1.82, 2.24) is 4.90 Å². The van der Waals surface area contributed by atoms with Crippen molar-refractivity contribution in [2.45, 2.75) is 58.1 Å². The summed E-state index contributed by atoms with van der Waals surface area (Å²) in [5.74, 6) is 2.38. The molecule has 188 valence electrons. The number of halogens is 2. The first-order valence-corrected chi connectivity index (χ1v) is 11.4. The molecule has 8 heteroatoms. The van der Waals surface area contributed by atoms with E-state index in [-0.39, 0.29) is 30.9 Å². The Bertz CT molecular complexity index is 616. The molecule has 0 amide bonds. The lowest BCUT2D eigenvalue weighted by Crippen LogP contribution is -2.44. The fourth-order valence-corrected chi connectivity index (χ4v) is 4.11. The number of likely N-dealkylation sites (tertiary alicyclic amines) is 1. The monoisotopic (exact) mass is 494 g/mol. The van der Waals surface area contributed by atoms with Gasteiger partial charge in [-0.05, 0) is 68.3 Å². The van der Waals surface area contributed by atoms with Crippen molar-refractivity contribution in [3.8, 4) is 11.5 Å². The first kappa shape index (κ1) is 31.2. The quantitative estimate of drug-likeness (QED) is 0.381. The van der Waals surface area contributed by atoms with Crippen LogP contribution in [-0.2, 0) is 11.2 Å². The molecule has 2 rings (SSSR count). The van der Waals surface area contributed by atoms with Crippen LogP contribution in [0, 0.1) is 11.8 Å². The molecule has 0 aromatic heterocycles. The number of nitrogens with two attached hydrogens (primary N) is 1. The molecule has 32 heavy (non-hydrogen) atoms. The van der Waals surface area contributed by atoms with Crippen molar-refractivity contribution >= 4 is 24.8 Å². The van der Waals surface area contributed by atoms with Gasteiger partial charge in [-0.1, -0.05) is 19.9 Å². The summed E-state index contributed by atoms with van der Waals surface area (Å²) in [6, 6.07) is 5.94. The van der Waals surface area contributed by atoms with E-state index in [1.54, 1.807) is 14.2 Å². The number of benzene rings is 1. The number of ether oxygens (including phenoxy) is 3. The summed E-state index contributed by atoms with van der Waals surface area (Å²) in [4.78, 5) is 2.32. The molecule has 1 fully saturated rings. The molecule has 3 atom stereocenters. The average molecular weight is 496 g/mol. The van der Waals surface area contributed by atoms with Gasteiger partial charge < -0.3 is 30.0 Å². The van der Waals surface area contributed by atoms with Gasteiger partial charge >= 0.3 is 0 Å². The van der Waals surface area contributed by atoms with E-state index in [1.807, 2.05) is 6.07 Å². The first-order valence-electron chi connectivity index (χ1n) is 11.4.